The molecule has 0 unspecified atom stereocenters. The van der Waals surface area contributed by atoms with Crippen LogP contribution in [-0.2, 0) is 25.7 Å². The molecule has 1 amide bonds. The van der Waals surface area contributed by atoms with Gasteiger partial charge in [-0.05, 0) is 37.8 Å². The molecule has 0 bridgehead atoms. The molecule has 3 saturated heterocycles. The summed E-state index contributed by atoms with van der Waals surface area (Å²) in [5, 5.41) is 8.66. The number of carbonyl (C=O) groups excluding carboxylic acids is 1. The van der Waals surface area contributed by atoms with Gasteiger partial charge in [0.2, 0.25) is 5.91 Å². The number of carbonyl (C=O) groups is 2. The van der Waals surface area contributed by atoms with Crippen LogP contribution >= 0.6 is 0 Å². The summed E-state index contributed by atoms with van der Waals surface area (Å²) < 4.78 is 37.8. The van der Waals surface area contributed by atoms with E-state index in [1.54, 1.807) is 0 Å². The number of ether oxygens (including phenoxy) is 1. The Labute approximate surface area is 185 Å². The van der Waals surface area contributed by atoms with Crippen molar-refractivity contribution in [2.75, 3.05) is 32.8 Å². The first-order valence-corrected chi connectivity index (χ1v) is 10.8. The van der Waals surface area contributed by atoms with Crippen molar-refractivity contribution in [3.05, 3.63) is 35.4 Å². The fraction of sp³-hybridized carbons (Fsp3) is 0.636. The highest BCUT2D eigenvalue weighted by Crippen LogP contribution is 2.36. The Hall–Kier alpha value is -2.17. The second-order valence-electron chi connectivity index (χ2n) is 8.50. The Morgan fingerprint density at radius 1 is 1.25 bits per heavy atom. The van der Waals surface area contributed by atoms with Crippen LogP contribution in [0.2, 0.25) is 0 Å². The van der Waals surface area contributed by atoms with Crippen LogP contribution in [0.25, 0.3) is 0 Å². The van der Waals surface area contributed by atoms with Gasteiger partial charge < -0.3 is 9.84 Å². The van der Waals surface area contributed by atoms with Gasteiger partial charge in [-0.1, -0.05) is 29.8 Å². The van der Waals surface area contributed by atoms with Crippen molar-refractivity contribution in [1.82, 2.24) is 9.96 Å². The third-order valence-corrected chi connectivity index (χ3v) is 6.02. The minimum Gasteiger partial charge on any atom is -0.475 e. The maximum absolute atomic E-state index is 12.3. The maximum Gasteiger partial charge on any atom is 0.490 e. The first-order chi connectivity index (χ1) is 15.1. The lowest BCUT2D eigenvalue weighted by Gasteiger charge is -2.35. The Balaban J connectivity index is 0.000000360. The number of piperidine rings is 1. The average molecular weight is 458 g/mol. The molecule has 10 heteroatoms. The van der Waals surface area contributed by atoms with Crippen molar-refractivity contribution >= 4 is 11.9 Å². The highest BCUT2D eigenvalue weighted by Gasteiger charge is 2.42. The number of hydroxylamine groups is 2. The third-order valence-electron chi connectivity index (χ3n) is 6.02. The van der Waals surface area contributed by atoms with Gasteiger partial charge in [0.1, 0.15) is 0 Å². The van der Waals surface area contributed by atoms with Gasteiger partial charge in [0.05, 0.1) is 32.3 Å². The molecule has 3 aliphatic heterocycles. The molecule has 3 fully saturated rings. The lowest BCUT2D eigenvalue weighted by molar-refractivity contribution is -0.192. The van der Waals surface area contributed by atoms with Crippen molar-refractivity contribution in [3.63, 3.8) is 0 Å². The number of hydrogen-bond acceptors (Lipinski definition) is 5. The number of nitrogens with zero attached hydrogens (tertiary/aromatic N) is 2. The van der Waals surface area contributed by atoms with Crippen LogP contribution in [0.5, 0.6) is 0 Å². The molecule has 3 atom stereocenters. The van der Waals surface area contributed by atoms with Gasteiger partial charge in [-0.3, -0.25) is 14.5 Å². The fourth-order valence-electron chi connectivity index (χ4n) is 4.50. The Morgan fingerprint density at radius 2 is 2.00 bits per heavy atom. The Morgan fingerprint density at radius 3 is 2.62 bits per heavy atom. The smallest absolute Gasteiger partial charge is 0.475 e. The Bertz CT molecular complexity index is 798. The van der Waals surface area contributed by atoms with Crippen LogP contribution in [0.3, 0.4) is 0 Å². The fourth-order valence-corrected chi connectivity index (χ4v) is 4.50. The van der Waals surface area contributed by atoms with Gasteiger partial charge in [-0.15, -0.1) is 0 Å². The molecule has 3 heterocycles. The summed E-state index contributed by atoms with van der Waals surface area (Å²) in [5.74, 6) is -1.60. The zero-order chi connectivity index (χ0) is 23.3. The summed E-state index contributed by atoms with van der Waals surface area (Å²) in [6, 6.07) is 8.76. The molecule has 1 N–H and O–H groups in total. The van der Waals surface area contributed by atoms with Crippen molar-refractivity contribution < 1.29 is 37.4 Å². The van der Waals surface area contributed by atoms with Gasteiger partial charge in [-0.2, -0.15) is 13.2 Å². The molecular weight excluding hydrogens is 429 g/mol. The summed E-state index contributed by atoms with van der Waals surface area (Å²) in [6.07, 6.45) is -2.48. The maximum atomic E-state index is 12.3. The number of aliphatic carboxylic acids is 1. The van der Waals surface area contributed by atoms with Gasteiger partial charge in [-0.25, -0.2) is 9.86 Å². The van der Waals surface area contributed by atoms with Crippen LogP contribution in [-0.4, -0.2) is 72.1 Å². The van der Waals surface area contributed by atoms with Crippen LogP contribution < -0.4 is 0 Å². The first kappa shape index (κ1) is 24.5. The van der Waals surface area contributed by atoms with Crippen molar-refractivity contribution in [3.8, 4) is 0 Å². The molecule has 3 aliphatic rings. The van der Waals surface area contributed by atoms with E-state index in [-0.39, 0.29) is 12.0 Å². The first-order valence-electron chi connectivity index (χ1n) is 10.8. The predicted octanol–water partition coefficient (Wildman–Crippen LogP) is 3.02. The minimum atomic E-state index is -5.08. The molecule has 7 nitrogen and oxygen atoms in total. The third kappa shape index (κ3) is 6.66. The summed E-state index contributed by atoms with van der Waals surface area (Å²) in [4.78, 5) is 29.1. The number of amides is 1. The number of aryl methyl sites for hydroxylation is 1. The van der Waals surface area contributed by atoms with Gasteiger partial charge >= 0.3 is 12.1 Å². The van der Waals surface area contributed by atoms with Crippen molar-refractivity contribution in [2.24, 2.45) is 11.8 Å². The average Bonchev–Trinajstić information content (AvgIpc) is 3.38. The van der Waals surface area contributed by atoms with Crippen molar-refractivity contribution in [2.45, 2.75) is 45.0 Å². The largest absolute Gasteiger partial charge is 0.490 e. The van der Waals surface area contributed by atoms with E-state index < -0.39 is 12.1 Å². The number of likely N-dealkylation sites (tertiary alicyclic amines) is 1. The number of fused-ring (bicyclic) bond motifs is 1. The van der Waals surface area contributed by atoms with Gasteiger partial charge in [0.25, 0.3) is 0 Å². The van der Waals surface area contributed by atoms with E-state index in [9.17, 15) is 18.0 Å². The van der Waals surface area contributed by atoms with E-state index in [0.29, 0.717) is 24.9 Å². The molecule has 178 valence electrons. The second-order valence-corrected chi connectivity index (χ2v) is 8.50. The number of hydrogen-bond donors (Lipinski definition) is 1. The van der Waals surface area contributed by atoms with E-state index in [4.69, 9.17) is 19.5 Å². The molecule has 1 aromatic rings. The number of alkyl halides is 3. The van der Waals surface area contributed by atoms with Gasteiger partial charge in [0.15, 0.2) is 0 Å². The van der Waals surface area contributed by atoms with Crippen LogP contribution in [0.15, 0.2) is 24.3 Å². The molecule has 0 saturated carbocycles. The van der Waals surface area contributed by atoms with Crippen LogP contribution in [0.4, 0.5) is 13.2 Å². The monoisotopic (exact) mass is 458 g/mol. The molecule has 0 spiro atoms. The highest BCUT2D eigenvalue weighted by atomic mass is 19.4. The minimum absolute atomic E-state index is 0.0721. The van der Waals surface area contributed by atoms with Gasteiger partial charge in [0, 0.05) is 19.0 Å². The van der Waals surface area contributed by atoms with Crippen molar-refractivity contribution in [1.29, 1.82) is 0 Å². The number of rotatable bonds is 4. The molecule has 4 rings (SSSR count). The van der Waals surface area contributed by atoms with E-state index in [0.717, 1.165) is 45.6 Å². The lowest BCUT2D eigenvalue weighted by Crippen LogP contribution is -2.42. The molecule has 0 aliphatic carbocycles. The zero-order valence-corrected chi connectivity index (χ0v) is 18.0. The summed E-state index contributed by atoms with van der Waals surface area (Å²) >= 11 is 0. The van der Waals surface area contributed by atoms with Crippen LogP contribution in [0, 0.1) is 18.8 Å². The van der Waals surface area contributed by atoms with E-state index in [2.05, 4.69) is 36.1 Å². The SMILES string of the molecule is Cc1cccc(CN2CC[C@@H]3[C@@H](CO[C@@H]3CC(=O)N3CCCO3)C2)c1.O=C(O)C(F)(F)F. The zero-order valence-electron chi connectivity index (χ0n) is 18.0. The molecule has 32 heavy (non-hydrogen) atoms. The van der Waals surface area contributed by atoms with E-state index in [1.165, 1.54) is 16.2 Å². The lowest BCUT2D eigenvalue weighted by atomic mass is 9.83. The highest BCUT2D eigenvalue weighted by molar-refractivity contribution is 5.75. The summed E-state index contributed by atoms with van der Waals surface area (Å²) in [7, 11) is 0. The molecule has 1 aromatic carbocycles. The number of carboxylic acids is 1. The Kier molecular flexibility index (Phi) is 8.13. The summed E-state index contributed by atoms with van der Waals surface area (Å²) in [5.41, 5.74) is 2.70. The number of benzene rings is 1. The molecular formula is C22H29F3N2O5. The second kappa shape index (κ2) is 10.6. The summed E-state index contributed by atoms with van der Waals surface area (Å²) in [6.45, 7) is 7.49. The number of carboxylic acid groups (broad SMARTS) is 1. The van der Waals surface area contributed by atoms with E-state index in [1.807, 2.05) is 0 Å². The predicted molar refractivity (Wildman–Crippen MR) is 108 cm³/mol. The topological polar surface area (TPSA) is 79.3 Å². The van der Waals surface area contributed by atoms with E-state index >= 15 is 0 Å². The number of halogens is 3. The van der Waals surface area contributed by atoms with Crippen LogP contribution in [0.1, 0.15) is 30.4 Å². The molecule has 0 radical (unpaired) electrons. The molecule has 0 aromatic heterocycles. The standard InChI is InChI=1S/C20H28N2O3.C2HF3O2/c1-15-4-2-5-16(10-15)12-21-8-6-18-17(13-21)14-24-19(18)11-20(23)22-7-3-9-25-22;3-2(4,5)1(6)7/h2,4-5,10,17-19H,3,6-9,11-14H2,1H3;(H,6,7)/t17-,18-,19-;/m1./s1. The quantitative estimate of drug-likeness (QED) is 0.747. The normalized spacial score (nSPS) is 25.8.